The molecule has 2 aromatic heterocycles. The van der Waals surface area contributed by atoms with E-state index in [2.05, 4.69) is 251 Å². The molecule has 0 N–H and O–H groups in total. The van der Waals surface area contributed by atoms with Crippen molar-refractivity contribution in [3.05, 3.63) is 237 Å². The van der Waals surface area contributed by atoms with E-state index in [1.54, 1.807) is 0 Å². The zero-order valence-corrected chi connectivity index (χ0v) is 32.4. The lowest BCUT2D eigenvalue weighted by Crippen LogP contribution is -2.10. The van der Waals surface area contributed by atoms with Crippen molar-refractivity contribution in [3.63, 3.8) is 0 Å². The standard InChI is InChI=1S/C56H39N3/c1-5-15-40(16-6-1)42-25-29-46(30-26-42)58(47-31-27-43(28-32-47)41-17-7-2-8-18-41)48-33-35-49(36-34-48)59-53-24-14-13-23-50(53)55-52(44-19-9-3-10-20-44)39-54-51(56(55)59)37-38-57(54)45-21-11-4-12-22-45/h1-39H. The number of benzene rings is 9. The molecule has 0 atom stereocenters. The van der Waals surface area contributed by atoms with Crippen molar-refractivity contribution >= 4 is 49.8 Å². The highest BCUT2D eigenvalue weighted by atomic mass is 15.1. The lowest BCUT2D eigenvalue weighted by atomic mass is 9.97. The van der Waals surface area contributed by atoms with Gasteiger partial charge in [-0.1, -0.05) is 152 Å². The Morgan fingerprint density at radius 3 is 1.34 bits per heavy atom. The van der Waals surface area contributed by atoms with Crippen molar-refractivity contribution in [2.75, 3.05) is 4.90 Å². The van der Waals surface area contributed by atoms with E-state index in [9.17, 15) is 0 Å². The van der Waals surface area contributed by atoms with Gasteiger partial charge in [-0.3, -0.25) is 0 Å². The highest BCUT2D eigenvalue weighted by molar-refractivity contribution is 6.24. The van der Waals surface area contributed by atoms with Crippen LogP contribution in [0, 0.1) is 0 Å². The van der Waals surface area contributed by atoms with Gasteiger partial charge in [-0.25, -0.2) is 0 Å². The number of anilines is 3. The lowest BCUT2D eigenvalue weighted by Gasteiger charge is -2.26. The Balaban J connectivity index is 1.09. The molecule has 2 heterocycles. The molecule has 0 radical (unpaired) electrons. The molecule has 0 bridgehead atoms. The van der Waals surface area contributed by atoms with E-state index >= 15 is 0 Å². The van der Waals surface area contributed by atoms with Crippen LogP contribution in [0.15, 0.2) is 237 Å². The van der Waals surface area contributed by atoms with E-state index in [-0.39, 0.29) is 0 Å². The molecule has 0 aliphatic heterocycles. The molecule has 0 amide bonds. The predicted molar refractivity (Wildman–Crippen MR) is 249 cm³/mol. The summed E-state index contributed by atoms with van der Waals surface area (Å²) in [4.78, 5) is 2.35. The fraction of sp³-hybridized carbons (Fsp3) is 0. The minimum absolute atomic E-state index is 1.08. The number of nitrogens with zero attached hydrogens (tertiary/aromatic N) is 3. The molecular weight excluding hydrogens is 715 g/mol. The lowest BCUT2D eigenvalue weighted by molar-refractivity contribution is 1.13. The molecule has 11 rings (SSSR count). The van der Waals surface area contributed by atoms with Gasteiger partial charge in [0.2, 0.25) is 0 Å². The van der Waals surface area contributed by atoms with Gasteiger partial charge in [0.25, 0.3) is 0 Å². The zero-order chi connectivity index (χ0) is 39.1. The van der Waals surface area contributed by atoms with Crippen molar-refractivity contribution < 1.29 is 0 Å². The van der Waals surface area contributed by atoms with Crippen LogP contribution in [0.25, 0.3) is 77.5 Å². The molecule has 0 saturated heterocycles. The molecule has 278 valence electrons. The first-order valence-corrected chi connectivity index (χ1v) is 20.2. The van der Waals surface area contributed by atoms with Gasteiger partial charge < -0.3 is 14.0 Å². The molecule has 0 spiro atoms. The minimum Gasteiger partial charge on any atom is -0.316 e. The fourth-order valence-electron chi connectivity index (χ4n) is 8.76. The first kappa shape index (κ1) is 34.4. The monoisotopic (exact) mass is 753 g/mol. The van der Waals surface area contributed by atoms with E-state index in [4.69, 9.17) is 0 Å². The maximum atomic E-state index is 2.46. The molecule has 0 unspecified atom stereocenters. The smallest absolute Gasteiger partial charge is 0.0641 e. The molecule has 3 nitrogen and oxygen atoms in total. The number of fused-ring (bicyclic) bond motifs is 5. The van der Waals surface area contributed by atoms with Crippen LogP contribution < -0.4 is 4.90 Å². The Morgan fingerprint density at radius 2 is 0.780 bits per heavy atom. The van der Waals surface area contributed by atoms with Gasteiger partial charge in [-0.2, -0.15) is 0 Å². The summed E-state index contributed by atoms with van der Waals surface area (Å²) in [6.07, 6.45) is 2.21. The van der Waals surface area contributed by atoms with Gasteiger partial charge in [0.05, 0.1) is 16.6 Å². The third kappa shape index (κ3) is 6.08. The summed E-state index contributed by atoms with van der Waals surface area (Å²) in [6.45, 7) is 0. The van der Waals surface area contributed by atoms with Crippen LogP contribution in [0.5, 0.6) is 0 Å². The van der Waals surface area contributed by atoms with Crippen LogP contribution in [0.4, 0.5) is 17.1 Å². The van der Waals surface area contributed by atoms with Gasteiger partial charge in [-0.05, 0) is 112 Å². The van der Waals surface area contributed by atoms with Crippen LogP contribution in [0.2, 0.25) is 0 Å². The number of para-hydroxylation sites is 2. The summed E-state index contributed by atoms with van der Waals surface area (Å²) in [6, 6.07) is 83.0. The number of rotatable bonds is 8. The van der Waals surface area contributed by atoms with E-state index in [1.165, 1.54) is 66.1 Å². The quantitative estimate of drug-likeness (QED) is 0.151. The normalized spacial score (nSPS) is 11.4. The van der Waals surface area contributed by atoms with Crippen molar-refractivity contribution in [2.45, 2.75) is 0 Å². The Hall–Kier alpha value is -7.88. The number of aromatic nitrogens is 2. The second-order valence-corrected chi connectivity index (χ2v) is 15.0. The molecule has 0 aliphatic rings. The largest absolute Gasteiger partial charge is 0.316 e. The SMILES string of the molecule is c1ccc(-c2ccc(N(c3ccc(-c4ccccc4)cc3)c3ccc(-n4c5ccccc5c5c(-c6ccccc6)cc6c(ccn6-c6ccccc6)c54)cc3)cc2)cc1. The third-order valence-corrected chi connectivity index (χ3v) is 11.6. The molecule has 0 saturated carbocycles. The van der Waals surface area contributed by atoms with Crippen molar-refractivity contribution in [1.29, 1.82) is 0 Å². The fourth-order valence-corrected chi connectivity index (χ4v) is 8.76. The van der Waals surface area contributed by atoms with E-state index in [0.29, 0.717) is 0 Å². The second kappa shape index (κ2) is 14.6. The maximum Gasteiger partial charge on any atom is 0.0641 e. The summed E-state index contributed by atoms with van der Waals surface area (Å²) in [5.74, 6) is 0. The first-order chi connectivity index (χ1) is 29.3. The van der Waals surface area contributed by atoms with Crippen LogP contribution in [0.3, 0.4) is 0 Å². The van der Waals surface area contributed by atoms with Gasteiger partial charge >= 0.3 is 0 Å². The summed E-state index contributed by atoms with van der Waals surface area (Å²) in [7, 11) is 0. The highest BCUT2D eigenvalue weighted by Gasteiger charge is 2.22. The van der Waals surface area contributed by atoms with Crippen LogP contribution >= 0.6 is 0 Å². The first-order valence-electron chi connectivity index (χ1n) is 20.2. The van der Waals surface area contributed by atoms with E-state index in [0.717, 1.165) is 28.4 Å². The number of hydrogen-bond acceptors (Lipinski definition) is 1. The second-order valence-electron chi connectivity index (χ2n) is 15.0. The highest BCUT2D eigenvalue weighted by Crippen LogP contribution is 2.44. The molecule has 11 aromatic rings. The average molecular weight is 754 g/mol. The molecule has 59 heavy (non-hydrogen) atoms. The summed E-state index contributed by atoms with van der Waals surface area (Å²) >= 11 is 0. The van der Waals surface area contributed by atoms with E-state index in [1.807, 2.05) is 0 Å². The van der Waals surface area contributed by atoms with Gasteiger partial charge in [0, 0.05) is 50.8 Å². The molecule has 0 aliphatic carbocycles. The summed E-state index contributed by atoms with van der Waals surface area (Å²) < 4.78 is 4.78. The van der Waals surface area contributed by atoms with Crippen molar-refractivity contribution in [1.82, 2.24) is 9.13 Å². The van der Waals surface area contributed by atoms with Crippen LogP contribution in [-0.2, 0) is 0 Å². The Labute approximate surface area is 343 Å². The predicted octanol–water partition coefficient (Wildman–Crippen LogP) is 15.2. The molecule has 0 fully saturated rings. The summed E-state index contributed by atoms with van der Waals surface area (Å²) in [5, 5.41) is 3.70. The zero-order valence-electron chi connectivity index (χ0n) is 32.4. The molecule has 3 heteroatoms. The number of hydrogen-bond donors (Lipinski definition) is 0. The van der Waals surface area contributed by atoms with Crippen LogP contribution in [0.1, 0.15) is 0 Å². The minimum atomic E-state index is 1.08. The van der Waals surface area contributed by atoms with Gasteiger partial charge in [0.1, 0.15) is 0 Å². The summed E-state index contributed by atoms with van der Waals surface area (Å²) in [5.41, 5.74) is 16.3. The molecule has 9 aromatic carbocycles. The van der Waals surface area contributed by atoms with Crippen molar-refractivity contribution in [3.8, 4) is 44.8 Å². The van der Waals surface area contributed by atoms with Gasteiger partial charge in [0.15, 0.2) is 0 Å². The van der Waals surface area contributed by atoms with Gasteiger partial charge in [-0.15, -0.1) is 0 Å². The Morgan fingerprint density at radius 1 is 0.322 bits per heavy atom. The maximum absolute atomic E-state index is 2.46. The Kier molecular flexibility index (Phi) is 8.49. The Bertz CT molecular complexity index is 3120. The van der Waals surface area contributed by atoms with Crippen molar-refractivity contribution in [2.24, 2.45) is 0 Å². The van der Waals surface area contributed by atoms with E-state index < -0.39 is 0 Å². The topological polar surface area (TPSA) is 13.1 Å². The average Bonchev–Trinajstić information content (AvgIpc) is 3.91. The third-order valence-electron chi connectivity index (χ3n) is 11.6. The molecular formula is C56H39N3. The van der Waals surface area contributed by atoms with Crippen LogP contribution in [-0.4, -0.2) is 9.13 Å².